The van der Waals surface area contributed by atoms with Crippen molar-refractivity contribution in [3.05, 3.63) is 22.7 Å². The smallest absolute Gasteiger partial charge is 0.129 e. The molecular weight excluding hydrogens is 286 g/mol. The summed E-state index contributed by atoms with van der Waals surface area (Å²) in [6, 6.07) is 3.57. The molecular formula is C12H16ClNO2SSi. The molecule has 0 fully saturated rings. The molecule has 0 aliphatic carbocycles. The normalized spacial score (nSPS) is 10.9. The van der Waals surface area contributed by atoms with Crippen LogP contribution in [0.4, 0.5) is 5.69 Å². The third-order valence-electron chi connectivity index (χ3n) is 1.87. The van der Waals surface area contributed by atoms with E-state index in [1.165, 1.54) is 7.11 Å². The number of nitrogen functional groups attached to an aromatic ring is 1. The summed E-state index contributed by atoms with van der Waals surface area (Å²) in [5.41, 5.74) is 10.4. The Morgan fingerprint density at radius 3 is 2.56 bits per heavy atom. The Kier molecular flexibility index (Phi) is 5.57. The molecule has 0 saturated carbocycles. The standard InChI is InChI=1S/C12H16ClNO2SSi/c1-15-16-17-10-7-9(5-6-18(2,3)4)12(14)11(13)8-10/h7-8H,14H2,1-4H3. The van der Waals surface area contributed by atoms with Crippen LogP contribution in [0.2, 0.25) is 24.7 Å². The Morgan fingerprint density at radius 2 is 2.00 bits per heavy atom. The van der Waals surface area contributed by atoms with Crippen LogP contribution >= 0.6 is 23.6 Å². The van der Waals surface area contributed by atoms with Gasteiger partial charge in [-0.1, -0.05) is 37.2 Å². The minimum absolute atomic E-state index is 0.472. The van der Waals surface area contributed by atoms with E-state index in [0.717, 1.165) is 22.5 Å². The molecule has 0 amide bonds. The van der Waals surface area contributed by atoms with E-state index in [4.69, 9.17) is 21.7 Å². The van der Waals surface area contributed by atoms with Crippen LogP contribution in [-0.4, -0.2) is 15.2 Å². The van der Waals surface area contributed by atoms with Crippen molar-refractivity contribution in [2.75, 3.05) is 12.8 Å². The average molecular weight is 302 g/mol. The molecule has 2 N–H and O–H groups in total. The van der Waals surface area contributed by atoms with Crippen molar-refractivity contribution in [2.45, 2.75) is 24.5 Å². The van der Waals surface area contributed by atoms with E-state index in [0.29, 0.717) is 10.7 Å². The van der Waals surface area contributed by atoms with Gasteiger partial charge in [-0.25, -0.2) is 4.89 Å². The summed E-state index contributed by atoms with van der Waals surface area (Å²) in [5, 5.41) is 0.472. The Labute approximate surface area is 118 Å². The molecule has 0 heterocycles. The van der Waals surface area contributed by atoms with Gasteiger partial charge in [0.25, 0.3) is 0 Å². The van der Waals surface area contributed by atoms with Crippen molar-refractivity contribution < 1.29 is 9.22 Å². The number of hydrogen-bond donors (Lipinski definition) is 1. The molecule has 0 aromatic heterocycles. The van der Waals surface area contributed by atoms with Crippen molar-refractivity contribution in [2.24, 2.45) is 0 Å². The topological polar surface area (TPSA) is 44.5 Å². The molecule has 1 aromatic carbocycles. The van der Waals surface area contributed by atoms with E-state index in [-0.39, 0.29) is 0 Å². The Hall–Kier alpha value is -0.643. The number of anilines is 1. The van der Waals surface area contributed by atoms with Crippen LogP contribution in [0.1, 0.15) is 5.56 Å². The molecule has 18 heavy (non-hydrogen) atoms. The van der Waals surface area contributed by atoms with E-state index in [1.807, 2.05) is 6.07 Å². The van der Waals surface area contributed by atoms with Gasteiger partial charge in [0, 0.05) is 10.5 Å². The molecule has 0 spiro atoms. The first-order valence-electron chi connectivity index (χ1n) is 5.33. The van der Waals surface area contributed by atoms with Gasteiger partial charge in [0.1, 0.15) is 8.07 Å². The largest absolute Gasteiger partial charge is 0.397 e. The van der Waals surface area contributed by atoms with Gasteiger partial charge in [0.2, 0.25) is 0 Å². The van der Waals surface area contributed by atoms with Crippen molar-refractivity contribution in [3.8, 4) is 11.5 Å². The van der Waals surface area contributed by atoms with Crippen molar-refractivity contribution in [1.82, 2.24) is 0 Å². The van der Waals surface area contributed by atoms with Crippen LogP contribution in [0.5, 0.6) is 0 Å². The van der Waals surface area contributed by atoms with Gasteiger partial charge >= 0.3 is 0 Å². The number of hydrogen-bond acceptors (Lipinski definition) is 4. The predicted octanol–water partition coefficient (Wildman–Crippen LogP) is 3.74. The summed E-state index contributed by atoms with van der Waals surface area (Å²) in [6.07, 6.45) is 0. The number of rotatable bonds is 3. The highest BCUT2D eigenvalue weighted by atomic mass is 35.5. The van der Waals surface area contributed by atoms with Crippen molar-refractivity contribution >= 4 is 37.4 Å². The maximum absolute atomic E-state index is 6.06. The summed E-state index contributed by atoms with van der Waals surface area (Å²) >= 11 is 7.13. The number of nitrogens with two attached hydrogens (primary N) is 1. The SMILES string of the molecule is COOSc1cc(Cl)c(N)c(C#C[Si](C)(C)C)c1. The molecule has 0 bridgehead atoms. The molecule has 0 unspecified atom stereocenters. The van der Waals surface area contributed by atoms with Crippen LogP contribution in [0.25, 0.3) is 0 Å². The second-order valence-electron chi connectivity index (χ2n) is 4.68. The highest BCUT2D eigenvalue weighted by Crippen LogP contribution is 2.30. The fraction of sp³-hybridized carbons (Fsp3) is 0.333. The first-order valence-corrected chi connectivity index (χ1v) is 9.95. The van der Waals surface area contributed by atoms with Gasteiger partial charge in [0.05, 0.1) is 29.9 Å². The lowest BCUT2D eigenvalue weighted by atomic mass is 10.2. The fourth-order valence-corrected chi connectivity index (χ4v) is 2.34. The number of halogens is 1. The zero-order valence-corrected chi connectivity index (χ0v) is 13.4. The molecule has 6 heteroatoms. The second-order valence-corrected chi connectivity index (χ2v) is 10.6. The van der Waals surface area contributed by atoms with E-state index in [9.17, 15) is 0 Å². The lowest BCUT2D eigenvalue weighted by Crippen LogP contribution is -2.16. The molecule has 0 aliphatic rings. The predicted molar refractivity (Wildman–Crippen MR) is 80.0 cm³/mol. The summed E-state index contributed by atoms with van der Waals surface area (Å²) in [6.45, 7) is 6.51. The van der Waals surface area contributed by atoms with Crippen LogP contribution in [-0.2, 0) is 9.22 Å². The average Bonchev–Trinajstić information content (AvgIpc) is 2.27. The molecule has 0 saturated heterocycles. The second kappa shape index (κ2) is 6.50. The third kappa shape index (κ3) is 4.92. The highest BCUT2D eigenvalue weighted by Gasteiger charge is 2.10. The van der Waals surface area contributed by atoms with Crippen LogP contribution in [0.3, 0.4) is 0 Å². The van der Waals surface area contributed by atoms with Gasteiger partial charge in [-0.3, -0.25) is 0 Å². The van der Waals surface area contributed by atoms with Gasteiger partial charge < -0.3 is 5.73 Å². The monoisotopic (exact) mass is 301 g/mol. The summed E-state index contributed by atoms with van der Waals surface area (Å²) < 4.78 is 4.79. The maximum Gasteiger partial charge on any atom is 0.129 e. The molecule has 0 aliphatic heterocycles. The van der Waals surface area contributed by atoms with Crippen molar-refractivity contribution in [1.29, 1.82) is 0 Å². The van der Waals surface area contributed by atoms with Crippen LogP contribution < -0.4 is 5.73 Å². The van der Waals surface area contributed by atoms with E-state index in [2.05, 4.69) is 36.0 Å². The van der Waals surface area contributed by atoms with Gasteiger partial charge in [-0.05, 0) is 12.1 Å². The van der Waals surface area contributed by atoms with Crippen LogP contribution in [0.15, 0.2) is 17.0 Å². The highest BCUT2D eigenvalue weighted by molar-refractivity contribution is 7.94. The van der Waals surface area contributed by atoms with Crippen molar-refractivity contribution in [3.63, 3.8) is 0 Å². The number of benzene rings is 1. The Bertz CT molecular complexity index is 491. The van der Waals surface area contributed by atoms with Crippen LogP contribution in [0, 0.1) is 11.5 Å². The van der Waals surface area contributed by atoms with Gasteiger partial charge in [-0.2, -0.15) is 4.33 Å². The molecule has 1 rings (SSSR count). The van der Waals surface area contributed by atoms with E-state index in [1.54, 1.807) is 6.07 Å². The zero-order valence-electron chi connectivity index (χ0n) is 10.8. The molecule has 1 aromatic rings. The lowest BCUT2D eigenvalue weighted by Gasteiger charge is -2.07. The minimum Gasteiger partial charge on any atom is -0.397 e. The molecule has 0 atom stereocenters. The first kappa shape index (κ1) is 15.4. The van der Waals surface area contributed by atoms with E-state index < -0.39 is 8.07 Å². The molecule has 98 valence electrons. The zero-order chi connectivity index (χ0) is 13.8. The summed E-state index contributed by atoms with van der Waals surface area (Å²) in [4.78, 5) is 5.33. The third-order valence-corrected chi connectivity index (χ3v) is 3.69. The van der Waals surface area contributed by atoms with Gasteiger partial charge in [-0.15, -0.1) is 5.54 Å². The van der Waals surface area contributed by atoms with Gasteiger partial charge in [0.15, 0.2) is 0 Å². The summed E-state index contributed by atoms with van der Waals surface area (Å²) in [7, 11) is -0.00329. The molecule has 3 nitrogen and oxygen atoms in total. The first-order chi connectivity index (χ1) is 8.33. The lowest BCUT2D eigenvalue weighted by molar-refractivity contribution is -0.160. The molecule has 0 radical (unpaired) electrons. The summed E-state index contributed by atoms with van der Waals surface area (Å²) in [5.74, 6) is 3.10. The minimum atomic E-state index is -1.45. The Morgan fingerprint density at radius 1 is 1.33 bits per heavy atom. The van der Waals surface area contributed by atoms with E-state index >= 15 is 0 Å². The Balaban J connectivity index is 3.09. The quantitative estimate of drug-likeness (QED) is 0.231. The maximum atomic E-state index is 6.06. The fourth-order valence-electron chi connectivity index (χ4n) is 1.07.